The van der Waals surface area contributed by atoms with Crippen LogP contribution in [0, 0.1) is 0 Å². The van der Waals surface area contributed by atoms with Crippen LogP contribution in [0.3, 0.4) is 0 Å². The minimum atomic E-state index is -0.202. The fourth-order valence-corrected chi connectivity index (χ4v) is 3.42. The van der Waals surface area contributed by atoms with Crippen LogP contribution in [-0.4, -0.2) is 19.1 Å². The van der Waals surface area contributed by atoms with Crippen LogP contribution in [0.5, 0.6) is 5.75 Å². The number of hydrogen-bond acceptors (Lipinski definition) is 4. The van der Waals surface area contributed by atoms with E-state index in [0.29, 0.717) is 30.2 Å². The number of hydrogen-bond donors (Lipinski definition) is 2. The minimum Gasteiger partial charge on any atom is -0.493 e. The number of ether oxygens (including phenoxy) is 1. The summed E-state index contributed by atoms with van der Waals surface area (Å²) < 4.78 is 6.55. The van der Waals surface area contributed by atoms with E-state index in [1.807, 2.05) is 19.1 Å². The van der Waals surface area contributed by atoms with Crippen LogP contribution in [0.4, 0.5) is 5.69 Å². The van der Waals surface area contributed by atoms with Gasteiger partial charge in [-0.05, 0) is 53.5 Å². The molecule has 6 heteroatoms. The fraction of sp³-hybridized carbons (Fsp3) is 0.267. The number of anilines is 1. The van der Waals surface area contributed by atoms with E-state index in [0.717, 1.165) is 10.2 Å². The Labute approximate surface area is 136 Å². The molecule has 0 fully saturated rings. The van der Waals surface area contributed by atoms with Gasteiger partial charge in [-0.25, -0.2) is 0 Å². The first-order valence-corrected chi connectivity index (χ1v) is 8.26. The highest BCUT2D eigenvalue weighted by molar-refractivity contribution is 9.11. The summed E-state index contributed by atoms with van der Waals surface area (Å²) in [7, 11) is 0. The lowest BCUT2D eigenvalue weighted by atomic mass is 10.1. The normalized spacial score (nSPS) is 10.4. The second-order valence-corrected chi connectivity index (χ2v) is 6.91. The third-order valence-corrected chi connectivity index (χ3v) is 4.55. The van der Waals surface area contributed by atoms with Crippen LogP contribution < -0.4 is 15.8 Å². The Morgan fingerprint density at radius 3 is 2.86 bits per heavy atom. The van der Waals surface area contributed by atoms with Crippen molar-refractivity contribution in [1.82, 2.24) is 5.32 Å². The van der Waals surface area contributed by atoms with Crippen molar-refractivity contribution in [3.05, 3.63) is 44.6 Å². The maximum absolute atomic E-state index is 12.3. The number of carbonyl (C=O) groups is 1. The first-order valence-electron chi connectivity index (χ1n) is 6.65. The van der Waals surface area contributed by atoms with Crippen molar-refractivity contribution in [3.63, 3.8) is 0 Å². The van der Waals surface area contributed by atoms with Crippen molar-refractivity contribution in [2.75, 3.05) is 18.9 Å². The van der Waals surface area contributed by atoms with Gasteiger partial charge in [0.25, 0.3) is 5.91 Å². The third kappa shape index (κ3) is 4.22. The molecule has 0 spiro atoms. The van der Waals surface area contributed by atoms with Crippen molar-refractivity contribution in [1.29, 1.82) is 0 Å². The predicted octanol–water partition coefficient (Wildman–Crippen LogP) is 3.46. The van der Waals surface area contributed by atoms with Crippen LogP contribution >= 0.6 is 27.3 Å². The molecule has 1 aromatic heterocycles. The number of halogens is 1. The highest BCUT2D eigenvalue weighted by Crippen LogP contribution is 2.25. The van der Waals surface area contributed by atoms with E-state index < -0.39 is 0 Å². The smallest absolute Gasteiger partial charge is 0.257 e. The van der Waals surface area contributed by atoms with Crippen molar-refractivity contribution in [2.24, 2.45) is 0 Å². The summed E-state index contributed by atoms with van der Waals surface area (Å²) in [5.41, 5.74) is 6.73. The number of carbonyl (C=O) groups excluding carboxylic acids is 1. The molecule has 4 nitrogen and oxygen atoms in total. The lowest BCUT2D eigenvalue weighted by Crippen LogP contribution is -2.27. The summed E-state index contributed by atoms with van der Waals surface area (Å²) in [5.74, 6) is 0.320. The molecule has 0 aliphatic rings. The summed E-state index contributed by atoms with van der Waals surface area (Å²) in [5, 5.41) is 2.89. The molecule has 0 aliphatic heterocycles. The van der Waals surface area contributed by atoms with Gasteiger partial charge in [0.1, 0.15) is 11.3 Å². The van der Waals surface area contributed by atoms with E-state index in [4.69, 9.17) is 10.5 Å². The van der Waals surface area contributed by atoms with Gasteiger partial charge in [-0.2, -0.15) is 0 Å². The number of amides is 1. The maximum atomic E-state index is 12.3. The number of nitrogen functional groups attached to an aromatic ring is 1. The highest BCUT2D eigenvalue weighted by atomic mass is 79.9. The maximum Gasteiger partial charge on any atom is 0.257 e. The van der Waals surface area contributed by atoms with E-state index in [1.54, 1.807) is 29.5 Å². The third-order valence-electron chi connectivity index (χ3n) is 2.87. The van der Waals surface area contributed by atoms with E-state index in [2.05, 4.69) is 21.2 Å². The molecule has 0 radical (unpaired) electrons. The summed E-state index contributed by atoms with van der Waals surface area (Å²) >= 11 is 5.09. The average molecular weight is 369 g/mol. The molecule has 1 amide bonds. The largest absolute Gasteiger partial charge is 0.493 e. The topological polar surface area (TPSA) is 64.3 Å². The molecule has 2 rings (SSSR count). The van der Waals surface area contributed by atoms with Crippen molar-refractivity contribution < 1.29 is 9.53 Å². The Hall–Kier alpha value is -1.53. The number of nitrogens with one attached hydrogen (secondary N) is 1. The van der Waals surface area contributed by atoms with Gasteiger partial charge in [0.2, 0.25) is 0 Å². The standard InChI is InChI=1S/C15H17BrN2O2S/c1-2-20-12-5-3-4-11(17)14(12)15(19)18-9-8-10-6-7-13(16)21-10/h3-7H,2,8-9,17H2,1H3,(H,18,19). The molecule has 1 heterocycles. The lowest BCUT2D eigenvalue weighted by Gasteiger charge is -2.12. The summed E-state index contributed by atoms with van der Waals surface area (Å²) in [6.45, 7) is 2.93. The molecule has 0 saturated carbocycles. The predicted molar refractivity (Wildman–Crippen MR) is 90.1 cm³/mol. The molecule has 0 unspecified atom stereocenters. The van der Waals surface area contributed by atoms with Crippen LogP contribution in [0.25, 0.3) is 0 Å². The molecular formula is C15H17BrN2O2S. The zero-order valence-electron chi connectivity index (χ0n) is 11.7. The lowest BCUT2D eigenvalue weighted by molar-refractivity contribution is 0.0951. The SMILES string of the molecule is CCOc1cccc(N)c1C(=O)NCCc1ccc(Br)s1. The molecule has 112 valence electrons. The summed E-state index contributed by atoms with van der Waals surface area (Å²) in [4.78, 5) is 13.5. The first-order chi connectivity index (χ1) is 10.1. The molecular weight excluding hydrogens is 352 g/mol. The number of rotatable bonds is 6. The quantitative estimate of drug-likeness (QED) is 0.767. The van der Waals surface area contributed by atoms with Gasteiger partial charge in [0.15, 0.2) is 0 Å². The average Bonchev–Trinajstić information content (AvgIpc) is 2.85. The Morgan fingerprint density at radius 1 is 1.38 bits per heavy atom. The fourth-order valence-electron chi connectivity index (χ4n) is 1.94. The molecule has 1 aromatic carbocycles. The Bertz CT molecular complexity index is 628. The Balaban J connectivity index is 2.00. The van der Waals surface area contributed by atoms with E-state index in [1.165, 1.54) is 4.88 Å². The van der Waals surface area contributed by atoms with Gasteiger partial charge >= 0.3 is 0 Å². The van der Waals surface area contributed by atoms with Crippen LogP contribution in [-0.2, 0) is 6.42 Å². The monoisotopic (exact) mass is 368 g/mol. The number of benzene rings is 1. The van der Waals surface area contributed by atoms with E-state index >= 15 is 0 Å². The number of thiophene rings is 1. The molecule has 2 aromatic rings. The van der Waals surface area contributed by atoms with E-state index in [9.17, 15) is 4.79 Å². The highest BCUT2D eigenvalue weighted by Gasteiger charge is 2.15. The molecule has 0 bridgehead atoms. The number of nitrogens with two attached hydrogens (primary N) is 1. The molecule has 0 saturated heterocycles. The molecule has 21 heavy (non-hydrogen) atoms. The van der Waals surface area contributed by atoms with Gasteiger partial charge in [0, 0.05) is 17.1 Å². The van der Waals surface area contributed by atoms with Crippen LogP contribution in [0.15, 0.2) is 34.1 Å². The van der Waals surface area contributed by atoms with Crippen molar-refractivity contribution >= 4 is 38.9 Å². The zero-order chi connectivity index (χ0) is 15.2. The minimum absolute atomic E-state index is 0.202. The van der Waals surface area contributed by atoms with Gasteiger partial charge < -0.3 is 15.8 Å². The van der Waals surface area contributed by atoms with Crippen LogP contribution in [0.1, 0.15) is 22.2 Å². The second kappa shape index (κ2) is 7.47. The van der Waals surface area contributed by atoms with E-state index in [-0.39, 0.29) is 5.91 Å². The Morgan fingerprint density at radius 2 is 2.19 bits per heavy atom. The zero-order valence-corrected chi connectivity index (χ0v) is 14.1. The Kier molecular flexibility index (Phi) is 5.64. The van der Waals surface area contributed by atoms with Gasteiger partial charge in [0.05, 0.1) is 10.4 Å². The molecule has 0 aliphatic carbocycles. The van der Waals surface area contributed by atoms with Gasteiger partial charge in [-0.3, -0.25) is 4.79 Å². The second-order valence-electron chi connectivity index (χ2n) is 4.37. The van der Waals surface area contributed by atoms with Gasteiger partial charge in [-0.15, -0.1) is 11.3 Å². The van der Waals surface area contributed by atoms with Crippen molar-refractivity contribution in [3.8, 4) is 5.75 Å². The summed E-state index contributed by atoms with van der Waals surface area (Å²) in [6, 6.07) is 9.28. The molecule has 3 N–H and O–H groups in total. The summed E-state index contributed by atoms with van der Waals surface area (Å²) in [6.07, 6.45) is 0.790. The van der Waals surface area contributed by atoms with Gasteiger partial charge in [-0.1, -0.05) is 6.07 Å². The first kappa shape index (κ1) is 15.9. The van der Waals surface area contributed by atoms with Crippen LogP contribution in [0.2, 0.25) is 0 Å². The van der Waals surface area contributed by atoms with Crippen molar-refractivity contribution in [2.45, 2.75) is 13.3 Å². The molecule has 0 atom stereocenters.